The average Bonchev–Trinajstić information content (AvgIpc) is 3.05. The summed E-state index contributed by atoms with van der Waals surface area (Å²) < 4.78 is 20.6. The van der Waals surface area contributed by atoms with Gasteiger partial charge in [0.2, 0.25) is 0 Å². The molecule has 0 amide bonds. The van der Waals surface area contributed by atoms with Crippen molar-refractivity contribution < 1.29 is 8.85 Å². The molecule has 0 fully saturated rings. The molecular weight excluding hydrogens is 687 g/mol. The Morgan fingerprint density at radius 2 is 1.02 bits per heavy atom. The van der Waals surface area contributed by atoms with Gasteiger partial charge in [0.15, 0.2) is 0 Å². The molecule has 0 heterocycles. The van der Waals surface area contributed by atoms with Crippen LogP contribution in [0.1, 0.15) is 80.1 Å². The first-order chi connectivity index (χ1) is 21.6. The molecule has 0 spiro atoms. The first-order valence-corrected chi connectivity index (χ1v) is 30.0. The van der Waals surface area contributed by atoms with Crippen LogP contribution in [0.25, 0.3) is 0 Å². The molecule has 0 aliphatic heterocycles. The van der Waals surface area contributed by atoms with E-state index in [0.29, 0.717) is 6.61 Å². The van der Waals surface area contributed by atoms with Crippen LogP contribution in [0, 0.1) is 0 Å². The van der Waals surface area contributed by atoms with Crippen molar-refractivity contribution in [1.82, 2.24) is 0 Å². The third kappa shape index (κ3) is 10.0. The number of hydrogen-bond acceptors (Lipinski definition) is 2. The Kier molecular flexibility index (Phi) is 15.4. The van der Waals surface area contributed by atoms with Crippen molar-refractivity contribution >= 4 is 50.6 Å². The fourth-order valence-electron chi connectivity index (χ4n) is 7.04. The maximum atomic E-state index is 7.47. The minimum absolute atomic E-state index is 0.0323. The summed E-state index contributed by atoms with van der Waals surface area (Å²) in [5.41, 5.74) is 0. The van der Waals surface area contributed by atoms with Gasteiger partial charge in [0, 0.05) is 0 Å². The molecule has 0 radical (unpaired) electrons. The molecule has 0 bridgehead atoms. The van der Waals surface area contributed by atoms with Crippen LogP contribution < -0.4 is 15.6 Å². The van der Waals surface area contributed by atoms with E-state index >= 15 is 0 Å². The van der Waals surface area contributed by atoms with Gasteiger partial charge in [-0.25, -0.2) is 0 Å². The van der Waals surface area contributed by atoms with Crippen LogP contribution in [0.3, 0.4) is 0 Å². The zero-order valence-corrected chi connectivity index (χ0v) is 34.7. The van der Waals surface area contributed by atoms with Crippen molar-refractivity contribution in [2.75, 3.05) is 13.2 Å². The van der Waals surface area contributed by atoms with Crippen LogP contribution in [0.2, 0.25) is 31.4 Å². The van der Waals surface area contributed by atoms with E-state index in [4.69, 9.17) is 8.85 Å². The second-order valence-electron chi connectivity index (χ2n) is 14.5. The molecule has 0 N–H and O–H groups in total. The molecular formula is C40H62O2Si2Sn. The van der Waals surface area contributed by atoms with Gasteiger partial charge in [0.1, 0.15) is 0 Å². The van der Waals surface area contributed by atoms with Crippen molar-refractivity contribution in [3.63, 3.8) is 0 Å². The molecule has 2 nitrogen and oxygen atoms in total. The molecule has 0 aromatic heterocycles. The van der Waals surface area contributed by atoms with Crippen LogP contribution >= 0.6 is 0 Å². The molecule has 5 heteroatoms. The third-order valence-electron chi connectivity index (χ3n) is 9.81. The number of unbranched alkanes of at least 4 members (excludes halogenated alkanes) is 3. The summed E-state index contributed by atoms with van der Waals surface area (Å²) in [6.07, 6.45) is 10.4. The van der Waals surface area contributed by atoms with Gasteiger partial charge in [-0.05, 0) is 0 Å². The molecule has 3 aromatic rings. The summed E-state index contributed by atoms with van der Waals surface area (Å²) >= 11 is -2.79. The topological polar surface area (TPSA) is 18.5 Å². The summed E-state index contributed by atoms with van der Waals surface area (Å²) in [4.78, 5) is 0. The van der Waals surface area contributed by atoms with E-state index in [1.165, 1.54) is 67.4 Å². The fourth-order valence-corrected chi connectivity index (χ4v) is 29.9. The van der Waals surface area contributed by atoms with Gasteiger partial charge in [-0.3, -0.25) is 0 Å². The molecule has 0 saturated carbocycles. The maximum absolute atomic E-state index is 7.47. The molecule has 246 valence electrons. The predicted octanol–water partition coefficient (Wildman–Crippen LogP) is 10.0. The fraction of sp³-hybridized carbons (Fsp3) is 0.500. The summed E-state index contributed by atoms with van der Waals surface area (Å²) in [5.74, 6) is 0. The van der Waals surface area contributed by atoms with E-state index in [1.807, 2.05) is 0 Å². The summed E-state index contributed by atoms with van der Waals surface area (Å²) in [7, 11) is -4.68. The van der Waals surface area contributed by atoms with Gasteiger partial charge >= 0.3 is 285 Å². The Morgan fingerprint density at radius 1 is 0.622 bits per heavy atom. The Balaban J connectivity index is 2.12. The van der Waals surface area contributed by atoms with Gasteiger partial charge in [-0.2, -0.15) is 0 Å². The zero-order chi connectivity index (χ0) is 32.8. The van der Waals surface area contributed by atoms with E-state index in [2.05, 4.69) is 152 Å². The van der Waals surface area contributed by atoms with Crippen molar-refractivity contribution in [3.8, 4) is 0 Å². The molecule has 0 atom stereocenters. The normalized spacial score (nSPS) is 13.3. The summed E-state index contributed by atoms with van der Waals surface area (Å²) in [5, 5.41) is 4.05. The van der Waals surface area contributed by atoms with Crippen LogP contribution in [0.4, 0.5) is 0 Å². The van der Waals surface area contributed by atoms with Gasteiger partial charge in [-0.15, -0.1) is 0 Å². The first kappa shape index (κ1) is 38.0. The Morgan fingerprint density at radius 3 is 1.40 bits per heavy atom. The monoisotopic (exact) mass is 750 g/mol. The van der Waals surface area contributed by atoms with Crippen LogP contribution in [0.15, 0.2) is 101 Å². The third-order valence-corrected chi connectivity index (χ3v) is 33.5. The number of hydrogen-bond donors (Lipinski definition) is 0. The van der Waals surface area contributed by atoms with E-state index in [-0.39, 0.29) is 5.04 Å². The standard InChI is InChI=1S/C28H35O2Si2.3C4H9.Sn/c1-28(2,3)32(26-19-11-7-12-20-26,27-21-13-8-14-22-27)30-24-16-15-23-29-31(4,5)25-17-9-6-10-18-25;3*1-3-4-2;/h6-14,16-22H,23-24H2,1-5H3;3*1,3-4H2,2H3;. The van der Waals surface area contributed by atoms with E-state index < -0.39 is 35.0 Å². The van der Waals surface area contributed by atoms with Crippen molar-refractivity contribution in [2.24, 2.45) is 0 Å². The summed E-state index contributed by atoms with van der Waals surface area (Å²) in [6, 6.07) is 33.2. The first-order valence-electron chi connectivity index (χ1n) is 17.7. The zero-order valence-electron chi connectivity index (χ0n) is 29.8. The molecule has 3 aromatic carbocycles. The van der Waals surface area contributed by atoms with E-state index in [0.717, 1.165) is 6.61 Å². The Bertz CT molecular complexity index is 1210. The molecule has 0 aliphatic rings. The van der Waals surface area contributed by atoms with Gasteiger partial charge in [-0.1, -0.05) is 0 Å². The average molecular weight is 750 g/mol. The van der Waals surface area contributed by atoms with Crippen LogP contribution in [0.5, 0.6) is 0 Å². The van der Waals surface area contributed by atoms with Crippen molar-refractivity contribution in [2.45, 2.75) is 112 Å². The second-order valence-corrected chi connectivity index (χ2v) is 36.1. The SMILES string of the molecule is CCC[CH2][Sn]([CH2]CCC)([CH2]CCC)/[C](=C/CO[Si](c1ccccc1)(c1ccccc1)C(C)(C)C)CO[Si](C)(C)c1ccccc1. The van der Waals surface area contributed by atoms with E-state index in [9.17, 15) is 0 Å². The summed E-state index contributed by atoms with van der Waals surface area (Å²) in [6.45, 7) is 20.4. The predicted molar refractivity (Wildman–Crippen MR) is 206 cm³/mol. The quantitative estimate of drug-likeness (QED) is 0.114. The molecule has 0 saturated heterocycles. The van der Waals surface area contributed by atoms with Crippen molar-refractivity contribution in [1.29, 1.82) is 0 Å². The van der Waals surface area contributed by atoms with Gasteiger partial charge in [0.05, 0.1) is 0 Å². The Labute approximate surface area is 283 Å². The van der Waals surface area contributed by atoms with Crippen LogP contribution in [-0.2, 0) is 8.85 Å². The number of rotatable bonds is 19. The molecule has 3 rings (SSSR count). The second kappa shape index (κ2) is 18.2. The van der Waals surface area contributed by atoms with Crippen LogP contribution in [-0.4, -0.2) is 48.2 Å². The Hall–Kier alpha value is -1.45. The molecule has 0 unspecified atom stereocenters. The van der Waals surface area contributed by atoms with E-state index in [1.54, 1.807) is 3.59 Å². The molecule has 0 aliphatic carbocycles. The molecule has 45 heavy (non-hydrogen) atoms. The minimum atomic E-state index is -2.79. The van der Waals surface area contributed by atoms with Crippen molar-refractivity contribution in [3.05, 3.63) is 101 Å². The number of benzene rings is 3. The van der Waals surface area contributed by atoms with Gasteiger partial charge < -0.3 is 0 Å². The van der Waals surface area contributed by atoms with Gasteiger partial charge in [0.25, 0.3) is 0 Å².